The van der Waals surface area contributed by atoms with E-state index in [1.165, 1.54) is 60.9 Å². The third kappa shape index (κ3) is 4.03. The molecule has 0 spiro atoms. The first-order valence-corrected chi connectivity index (χ1v) is 12.4. The van der Waals surface area contributed by atoms with Crippen LogP contribution in [-0.2, 0) is 0 Å². The number of hydrogen-bond acceptors (Lipinski definition) is 2. The van der Waals surface area contributed by atoms with Crippen molar-refractivity contribution in [3.05, 3.63) is 87.6 Å². The fourth-order valence-corrected chi connectivity index (χ4v) is 5.58. The summed E-state index contributed by atoms with van der Waals surface area (Å²) in [6.45, 7) is 4.55. The number of phenolic OH excluding ortho intramolecular Hbond substituents is 1. The first kappa shape index (κ1) is 19.9. The fraction of sp³-hybridized carbons (Fsp3) is 0.400. The van der Waals surface area contributed by atoms with Crippen LogP contribution in [0.5, 0.6) is 5.75 Å². The molecule has 4 aliphatic rings. The Kier molecular flexibility index (Phi) is 4.97. The maximum absolute atomic E-state index is 10.5. The highest BCUT2D eigenvalue weighted by Crippen LogP contribution is 2.54. The van der Waals surface area contributed by atoms with Crippen LogP contribution >= 0.6 is 0 Å². The summed E-state index contributed by atoms with van der Waals surface area (Å²) in [5, 5.41) is 10.5. The molecule has 6 rings (SSSR count). The van der Waals surface area contributed by atoms with Gasteiger partial charge in [-0.15, -0.1) is 0 Å². The van der Waals surface area contributed by atoms with Gasteiger partial charge in [0.2, 0.25) is 0 Å². The number of benzene rings is 2. The monoisotopic (exact) mass is 423 g/mol. The van der Waals surface area contributed by atoms with Gasteiger partial charge in [-0.25, -0.2) is 0 Å². The molecule has 1 heterocycles. The van der Waals surface area contributed by atoms with Crippen molar-refractivity contribution in [2.75, 3.05) is 13.1 Å². The summed E-state index contributed by atoms with van der Waals surface area (Å²) in [6, 6.07) is 17.2. The first-order chi connectivity index (χ1) is 15.7. The molecule has 0 saturated heterocycles. The van der Waals surface area contributed by atoms with Crippen LogP contribution in [0.15, 0.2) is 70.9 Å². The molecule has 2 unspecified atom stereocenters. The Bertz CT molecular complexity index is 1120. The molecule has 3 saturated carbocycles. The van der Waals surface area contributed by atoms with Gasteiger partial charge >= 0.3 is 0 Å². The molecule has 3 aliphatic carbocycles. The Morgan fingerprint density at radius 2 is 1.81 bits per heavy atom. The second-order valence-corrected chi connectivity index (χ2v) is 10.2. The highest BCUT2D eigenvalue weighted by atomic mass is 16.3. The minimum atomic E-state index is 0.451. The second kappa shape index (κ2) is 7.99. The smallest absolute Gasteiger partial charge is 0.123 e. The maximum Gasteiger partial charge on any atom is 0.123 e. The van der Waals surface area contributed by atoms with Crippen LogP contribution in [-0.4, -0.2) is 23.1 Å². The largest absolute Gasteiger partial charge is 0.507 e. The molecule has 0 amide bonds. The van der Waals surface area contributed by atoms with E-state index < -0.39 is 0 Å². The van der Waals surface area contributed by atoms with Gasteiger partial charge in [0.15, 0.2) is 0 Å². The summed E-state index contributed by atoms with van der Waals surface area (Å²) in [5.74, 6) is 1.72. The van der Waals surface area contributed by atoms with Gasteiger partial charge in [-0.05, 0) is 92.0 Å². The molecule has 1 N–H and O–H groups in total. The summed E-state index contributed by atoms with van der Waals surface area (Å²) >= 11 is 0. The van der Waals surface area contributed by atoms with Crippen LogP contribution in [0.3, 0.4) is 0 Å². The van der Waals surface area contributed by atoms with Gasteiger partial charge in [0.25, 0.3) is 0 Å². The van der Waals surface area contributed by atoms with E-state index in [4.69, 9.17) is 0 Å². The average molecular weight is 424 g/mol. The number of nitrogens with zero attached hydrogens (tertiary/aromatic N) is 1. The van der Waals surface area contributed by atoms with E-state index in [9.17, 15) is 5.11 Å². The lowest BCUT2D eigenvalue weighted by molar-refractivity contribution is 0.361. The standard InChI is InChI=1S/C30H33NO/c1-20(22-12-13-22)31-15-14-26(23-6-3-2-4-7-23)25(19-31)17-24-18-28(24)27-8-5-9-30(32)29(27)16-21-10-11-21/h2-9,16,24,28,32H,10-15,17-19H2,1H3. The van der Waals surface area contributed by atoms with Crippen LogP contribution in [0.25, 0.3) is 11.6 Å². The van der Waals surface area contributed by atoms with Crippen LogP contribution < -0.4 is 0 Å². The predicted molar refractivity (Wildman–Crippen MR) is 132 cm³/mol. The molecule has 3 fully saturated rings. The summed E-state index contributed by atoms with van der Waals surface area (Å²) in [4.78, 5) is 2.64. The van der Waals surface area contributed by atoms with Crippen molar-refractivity contribution in [3.63, 3.8) is 0 Å². The lowest BCUT2D eigenvalue weighted by Gasteiger charge is -2.34. The average Bonchev–Trinajstić information content (AvgIpc) is 3.67. The van der Waals surface area contributed by atoms with Crippen molar-refractivity contribution >= 4 is 11.6 Å². The van der Waals surface area contributed by atoms with Crippen molar-refractivity contribution in [3.8, 4) is 5.75 Å². The van der Waals surface area contributed by atoms with Gasteiger partial charge in [0.1, 0.15) is 5.75 Å². The Labute approximate surface area is 192 Å². The minimum absolute atomic E-state index is 0.451. The second-order valence-electron chi connectivity index (χ2n) is 10.2. The summed E-state index contributed by atoms with van der Waals surface area (Å²) in [6.07, 6.45) is 10.8. The Morgan fingerprint density at radius 3 is 2.56 bits per heavy atom. The zero-order valence-electron chi connectivity index (χ0n) is 19.1. The normalized spacial score (nSPS) is 24.0. The minimum Gasteiger partial charge on any atom is -0.507 e. The maximum atomic E-state index is 10.5. The van der Waals surface area contributed by atoms with Crippen molar-refractivity contribution in [1.82, 2.24) is 4.90 Å². The van der Waals surface area contributed by atoms with Crippen LogP contribution in [0.2, 0.25) is 0 Å². The van der Waals surface area contributed by atoms with Crippen molar-refractivity contribution < 1.29 is 5.11 Å². The van der Waals surface area contributed by atoms with Crippen LogP contribution in [0.1, 0.15) is 74.5 Å². The van der Waals surface area contributed by atoms with E-state index in [2.05, 4.69) is 54.3 Å². The summed E-state index contributed by atoms with van der Waals surface area (Å²) in [5.41, 5.74) is 11.8. The molecule has 164 valence electrons. The molecule has 32 heavy (non-hydrogen) atoms. The molecule has 0 radical (unpaired) electrons. The van der Waals surface area contributed by atoms with E-state index in [0.29, 0.717) is 17.6 Å². The predicted octanol–water partition coefficient (Wildman–Crippen LogP) is 7.29. The molecule has 2 heteroatoms. The molecule has 2 atom stereocenters. The first-order valence-electron chi connectivity index (χ1n) is 12.4. The lowest BCUT2D eigenvalue weighted by atomic mass is 9.89. The molecule has 0 bridgehead atoms. The Balaban J connectivity index is 1.27. The third-order valence-electron chi connectivity index (χ3n) is 7.88. The quantitative estimate of drug-likeness (QED) is 0.527. The molecule has 0 aromatic heterocycles. The Hall–Kier alpha value is -2.74. The van der Waals surface area contributed by atoms with Gasteiger partial charge in [0.05, 0.1) is 0 Å². The van der Waals surface area contributed by atoms with Crippen molar-refractivity contribution in [2.24, 2.45) is 5.92 Å². The molecular formula is C30H33NO. The molecule has 2 nitrogen and oxygen atoms in total. The van der Waals surface area contributed by atoms with Crippen LogP contribution in [0.4, 0.5) is 0 Å². The Morgan fingerprint density at radius 1 is 1.00 bits per heavy atom. The highest BCUT2D eigenvalue weighted by molar-refractivity contribution is 5.71. The number of hydrogen-bond donors (Lipinski definition) is 1. The van der Waals surface area contributed by atoms with Gasteiger partial charge in [0, 0.05) is 24.4 Å². The SMILES string of the molecule is CC(=C1CC1)N1CCC(c2ccccc2)=C(CC2CC2c2cccc(O)c2C=C2CC2)C1. The van der Waals surface area contributed by atoms with E-state index in [-0.39, 0.29) is 0 Å². The van der Waals surface area contributed by atoms with Gasteiger partial charge in [-0.2, -0.15) is 0 Å². The van der Waals surface area contributed by atoms with E-state index in [1.807, 2.05) is 12.1 Å². The van der Waals surface area contributed by atoms with Crippen LogP contribution in [0, 0.1) is 5.92 Å². The van der Waals surface area contributed by atoms with E-state index >= 15 is 0 Å². The van der Waals surface area contributed by atoms with Crippen molar-refractivity contribution in [1.29, 1.82) is 0 Å². The van der Waals surface area contributed by atoms with Crippen molar-refractivity contribution in [2.45, 2.75) is 57.8 Å². The van der Waals surface area contributed by atoms with Gasteiger partial charge in [-0.3, -0.25) is 0 Å². The number of phenols is 1. The number of aromatic hydroxyl groups is 1. The topological polar surface area (TPSA) is 23.5 Å². The fourth-order valence-electron chi connectivity index (χ4n) is 5.58. The molecule has 2 aromatic rings. The number of allylic oxidation sites excluding steroid dienone is 3. The highest BCUT2D eigenvalue weighted by Gasteiger charge is 2.41. The molecule has 1 aliphatic heterocycles. The number of rotatable bonds is 6. The third-order valence-corrected chi connectivity index (χ3v) is 7.88. The van der Waals surface area contributed by atoms with E-state index in [1.54, 1.807) is 16.7 Å². The zero-order chi connectivity index (χ0) is 21.7. The van der Waals surface area contributed by atoms with E-state index in [0.717, 1.165) is 25.1 Å². The lowest BCUT2D eigenvalue weighted by Crippen LogP contribution is -2.30. The van der Waals surface area contributed by atoms with Gasteiger partial charge in [-0.1, -0.05) is 59.7 Å². The molecule has 2 aromatic carbocycles. The zero-order valence-corrected chi connectivity index (χ0v) is 19.1. The van der Waals surface area contributed by atoms with Gasteiger partial charge < -0.3 is 10.0 Å². The molecular weight excluding hydrogens is 390 g/mol. The summed E-state index contributed by atoms with van der Waals surface area (Å²) < 4.78 is 0. The summed E-state index contributed by atoms with van der Waals surface area (Å²) in [7, 11) is 0.